The minimum absolute atomic E-state index is 0.0872. The average Bonchev–Trinajstić information content (AvgIpc) is 2.93. The molecule has 3 heterocycles. The van der Waals surface area contributed by atoms with Gasteiger partial charge in [0.2, 0.25) is 12.1 Å². The van der Waals surface area contributed by atoms with Crippen LogP contribution in [0.15, 0.2) is 60.1 Å². The molecular weight excluding hydrogens is 554 g/mol. The lowest BCUT2D eigenvalue weighted by Gasteiger charge is -2.47. The third kappa shape index (κ3) is 6.74. The number of esters is 1. The first-order valence-corrected chi connectivity index (χ1v) is 12.4. The fourth-order valence-corrected chi connectivity index (χ4v) is 4.60. The summed E-state index contributed by atoms with van der Waals surface area (Å²) in [5.74, 6) is -7.04. The summed E-state index contributed by atoms with van der Waals surface area (Å²) in [5, 5.41) is 89.8. The summed E-state index contributed by atoms with van der Waals surface area (Å²) >= 11 is 0. The van der Waals surface area contributed by atoms with Crippen LogP contribution in [0.2, 0.25) is 0 Å². The zero-order valence-corrected chi connectivity index (χ0v) is 21.6. The number of hydrogen-bond acceptors (Lipinski definition) is 14. The third-order valence-corrected chi connectivity index (χ3v) is 6.82. The molecule has 0 bridgehead atoms. The number of aliphatic carboxylic acids is 1. The molecule has 10 N–H and O–H groups in total. The van der Waals surface area contributed by atoms with Gasteiger partial charge in [0.15, 0.2) is 19.2 Å². The van der Waals surface area contributed by atoms with E-state index < -0.39 is 79.1 Å². The minimum atomic E-state index is -3.18. The molecule has 3 aliphatic rings. The normalized spacial score (nSPS) is 35.1. The molecule has 0 spiro atoms. The van der Waals surface area contributed by atoms with Crippen molar-refractivity contribution in [1.29, 1.82) is 0 Å². The fraction of sp³-hybridized carbons (Fsp3) is 0.520. The van der Waals surface area contributed by atoms with Crippen LogP contribution in [-0.4, -0.2) is 133 Å². The van der Waals surface area contributed by atoms with E-state index in [1.165, 1.54) is 18.4 Å². The van der Waals surface area contributed by atoms with Crippen molar-refractivity contribution >= 4 is 11.9 Å². The molecule has 3 rings (SSSR count). The summed E-state index contributed by atoms with van der Waals surface area (Å²) < 4.78 is 20.8. The van der Waals surface area contributed by atoms with E-state index in [9.17, 15) is 50.4 Å². The molecule has 3 aliphatic heterocycles. The van der Waals surface area contributed by atoms with E-state index in [1.54, 1.807) is 0 Å². The summed E-state index contributed by atoms with van der Waals surface area (Å²) in [7, 11) is 0. The SMILES string of the molecule is C=C[C@H]1[C@H](O[C@@H]2O[C@H](CO)[C@@H](O)C(O)(O)[C@H]2O)OC=C(C(=O)OCO)[C@@]1(O)/C=C/C1=CC(C(=O)O)=C[NH+](CCO)C1. The van der Waals surface area contributed by atoms with Crippen molar-refractivity contribution in [3.05, 3.63) is 60.1 Å². The Balaban J connectivity index is 1.98. The first-order chi connectivity index (χ1) is 19.3. The van der Waals surface area contributed by atoms with Gasteiger partial charge in [0, 0.05) is 5.57 Å². The molecule has 8 atom stereocenters. The standard InChI is InChI=1S/C25H33NO15/c1-2-15-22(41-23-19(31)25(36,37)18(30)17(10-28)40-23)38-11-16(21(34)39-12-29)24(15,35)4-3-13-7-14(20(32)33)9-26(8-13)5-6-27/h2-4,7,9,11,15,17-19,22-23,27-31,35-37H,1,5-6,8,10,12H2,(H,32,33)/p+1/b4-3+/t15-,17+,18+,19-,22-,23-,24+/m0/s1. The van der Waals surface area contributed by atoms with Crippen LogP contribution in [0, 0.1) is 5.92 Å². The van der Waals surface area contributed by atoms with Gasteiger partial charge in [0.1, 0.15) is 54.5 Å². The van der Waals surface area contributed by atoms with Crippen LogP contribution in [0.5, 0.6) is 0 Å². The van der Waals surface area contributed by atoms with Crippen molar-refractivity contribution < 1.29 is 79.4 Å². The smallest absolute Gasteiger partial charge is 0.342 e. The molecule has 0 aliphatic carbocycles. The second-order valence-corrected chi connectivity index (χ2v) is 9.48. The molecular formula is C25H34NO15+. The van der Waals surface area contributed by atoms with E-state index in [-0.39, 0.29) is 25.3 Å². The molecule has 16 heteroatoms. The lowest BCUT2D eigenvalue weighted by molar-refractivity contribution is -0.842. The Hall–Kier alpha value is -3.00. The van der Waals surface area contributed by atoms with Gasteiger partial charge < -0.3 is 69.8 Å². The highest BCUT2D eigenvalue weighted by Gasteiger charge is 2.57. The number of hydrogen-bond donors (Lipinski definition) is 10. The predicted octanol–water partition coefficient (Wildman–Crippen LogP) is -5.27. The molecule has 0 aromatic carbocycles. The highest BCUT2D eigenvalue weighted by molar-refractivity contribution is 5.91. The number of carbonyl (C=O) groups excluding carboxylic acids is 1. The van der Waals surface area contributed by atoms with Crippen molar-refractivity contribution in [3.63, 3.8) is 0 Å². The van der Waals surface area contributed by atoms with E-state index in [4.69, 9.17) is 19.3 Å². The molecule has 1 saturated heterocycles. The van der Waals surface area contributed by atoms with Gasteiger partial charge in [0.25, 0.3) is 0 Å². The Morgan fingerprint density at radius 2 is 1.85 bits per heavy atom. The maximum atomic E-state index is 12.6. The molecule has 0 saturated carbocycles. The monoisotopic (exact) mass is 588 g/mol. The Morgan fingerprint density at radius 1 is 1.15 bits per heavy atom. The Kier molecular flexibility index (Phi) is 10.6. The average molecular weight is 589 g/mol. The van der Waals surface area contributed by atoms with Gasteiger partial charge in [-0.05, 0) is 12.2 Å². The van der Waals surface area contributed by atoms with Crippen molar-refractivity contribution in [2.45, 2.75) is 42.3 Å². The second-order valence-electron chi connectivity index (χ2n) is 9.48. The highest BCUT2D eigenvalue weighted by Crippen LogP contribution is 2.40. The maximum Gasteiger partial charge on any atom is 0.342 e. The van der Waals surface area contributed by atoms with E-state index >= 15 is 0 Å². The number of quaternary nitrogens is 1. The van der Waals surface area contributed by atoms with Crippen molar-refractivity contribution in [2.24, 2.45) is 5.92 Å². The molecule has 0 aromatic heterocycles. The van der Waals surface area contributed by atoms with E-state index in [0.717, 1.165) is 18.4 Å². The molecule has 16 nitrogen and oxygen atoms in total. The zero-order valence-electron chi connectivity index (χ0n) is 21.6. The van der Waals surface area contributed by atoms with E-state index in [1.807, 2.05) is 0 Å². The molecule has 1 fully saturated rings. The number of ether oxygens (including phenoxy) is 4. The van der Waals surface area contributed by atoms with Gasteiger partial charge in [-0.1, -0.05) is 12.2 Å². The summed E-state index contributed by atoms with van der Waals surface area (Å²) in [6, 6.07) is 0. The number of rotatable bonds is 11. The Labute approximate surface area is 233 Å². The zero-order chi connectivity index (χ0) is 30.5. The van der Waals surface area contributed by atoms with E-state index in [0.29, 0.717) is 10.5 Å². The number of nitrogens with one attached hydrogen (secondary N) is 1. The second kappa shape index (κ2) is 13.3. The number of carboxylic acids is 1. The maximum absolute atomic E-state index is 12.6. The number of carbonyl (C=O) groups is 2. The minimum Gasteiger partial charge on any atom is -0.477 e. The molecule has 41 heavy (non-hydrogen) atoms. The van der Waals surface area contributed by atoms with Crippen LogP contribution in [0.4, 0.5) is 0 Å². The lowest BCUT2D eigenvalue weighted by Crippen LogP contribution is -3.08. The van der Waals surface area contributed by atoms with Crippen molar-refractivity contribution in [2.75, 3.05) is 33.1 Å². The van der Waals surface area contributed by atoms with Gasteiger partial charge in [-0.15, -0.1) is 6.58 Å². The van der Waals surface area contributed by atoms with Crippen LogP contribution >= 0.6 is 0 Å². The summed E-state index contributed by atoms with van der Waals surface area (Å²) in [4.78, 5) is 24.8. The highest BCUT2D eigenvalue weighted by atomic mass is 16.8. The number of aliphatic hydroxyl groups excluding tert-OH is 5. The van der Waals surface area contributed by atoms with Gasteiger partial charge >= 0.3 is 11.9 Å². The first-order valence-electron chi connectivity index (χ1n) is 12.4. The third-order valence-electron chi connectivity index (χ3n) is 6.82. The van der Waals surface area contributed by atoms with Gasteiger partial charge in [-0.25, -0.2) is 9.59 Å². The predicted molar refractivity (Wildman–Crippen MR) is 132 cm³/mol. The quantitative estimate of drug-likeness (QED) is 0.0614. The van der Waals surface area contributed by atoms with Gasteiger partial charge in [-0.3, -0.25) is 0 Å². The van der Waals surface area contributed by atoms with Gasteiger partial charge in [-0.2, -0.15) is 0 Å². The fourth-order valence-electron chi connectivity index (χ4n) is 4.60. The van der Waals surface area contributed by atoms with Crippen LogP contribution < -0.4 is 4.90 Å². The molecule has 228 valence electrons. The summed E-state index contributed by atoms with van der Waals surface area (Å²) in [6.45, 7) is 1.82. The Bertz CT molecular complexity index is 1110. The largest absolute Gasteiger partial charge is 0.477 e. The van der Waals surface area contributed by atoms with Gasteiger partial charge in [0.05, 0.1) is 19.1 Å². The Morgan fingerprint density at radius 3 is 2.44 bits per heavy atom. The van der Waals surface area contributed by atoms with Crippen LogP contribution in [0.1, 0.15) is 0 Å². The molecule has 1 unspecified atom stereocenters. The number of aliphatic hydroxyl groups is 8. The molecule has 0 amide bonds. The van der Waals surface area contributed by atoms with Crippen molar-refractivity contribution in [3.8, 4) is 0 Å². The topological polar surface area (TPSA) is 258 Å². The van der Waals surface area contributed by atoms with Crippen LogP contribution in [0.25, 0.3) is 0 Å². The first kappa shape index (κ1) is 32.5. The van der Waals surface area contributed by atoms with Crippen molar-refractivity contribution in [1.82, 2.24) is 0 Å². The lowest BCUT2D eigenvalue weighted by atomic mass is 9.78. The molecule has 0 aromatic rings. The number of carboxylic acid groups (broad SMARTS) is 1. The molecule has 0 radical (unpaired) electrons. The van der Waals surface area contributed by atoms with E-state index in [2.05, 4.69) is 11.3 Å². The van der Waals surface area contributed by atoms with Crippen LogP contribution in [0.3, 0.4) is 0 Å². The summed E-state index contributed by atoms with van der Waals surface area (Å²) in [5.41, 5.74) is -2.62. The van der Waals surface area contributed by atoms with Crippen LogP contribution in [-0.2, 0) is 28.5 Å². The summed E-state index contributed by atoms with van der Waals surface area (Å²) in [6.07, 6.45) is -2.60.